The molecular formula is C22H22Cl2F5N9O2. The molecule has 0 aromatic carbocycles. The largest absolute Gasteiger partial charge is 0.461 e. The Kier molecular flexibility index (Phi) is 9.35. The summed E-state index contributed by atoms with van der Waals surface area (Å²) in [6, 6.07) is 1.20. The Morgan fingerprint density at radius 3 is 2.58 bits per heavy atom. The van der Waals surface area contributed by atoms with Crippen molar-refractivity contribution in [3.63, 3.8) is 0 Å². The molecule has 18 heteroatoms. The third kappa shape index (κ3) is 6.50. The van der Waals surface area contributed by atoms with Crippen molar-refractivity contribution in [2.75, 3.05) is 7.05 Å². The van der Waals surface area contributed by atoms with Crippen molar-refractivity contribution in [3.8, 4) is 0 Å². The van der Waals surface area contributed by atoms with Gasteiger partial charge in [0.2, 0.25) is 11.7 Å². The van der Waals surface area contributed by atoms with E-state index in [9.17, 15) is 31.5 Å². The van der Waals surface area contributed by atoms with Crippen LogP contribution in [0, 0.1) is 0 Å². The van der Waals surface area contributed by atoms with Crippen LogP contribution in [0.1, 0.15) is 35.7 Å². The monoisotopic (exact) mass is 609 g/mol. The highest BCUT2D eigenvalue weighted by atomic mass is 35.5. The van der Waals surface area contributed by atoms with Gasteiger partial charge in [0.1, 0.15) is 12.2 Å². The van der Waals surface area contributed by atoms with Crippen LogP contribution in [0.3, 0.4) is 0 Å². The Hall–Kier alpha value is -3.79. The minimum atomic E-state index is -6.00. The number of azo groups is 1. The van der Waals surface area contributed by atoms with E-state index in [-0.39, 0.29) is 34.1 Å². The number of halogens is 7. The molecule has 2 heterocycles. The molecule has 216 valence electrons. The number of carbonyl (C=O) groups is 2. The van der Waals surface area contributed by atoms with Crippen LogP contribution in [0.25, 0.3) is 0 Å². The highest BCUT2D eigenvalue weighted by Gasteiger charge is 2.62. The highest BCUT2D eigenvalue weighted by molar-refractivity contribution is 6.30. The number of amides is 2. The van der Waals surface area contributed by atoms with Crippen LogP contribution >= 0.6 is 23.2 Å². The van der Waals surface area contributed by atoms with E-state index >= 15 is 0 Å². The van der Waals surface area contributed by atoms with Gasteiger partial charge in [0.15, 0.2) is 6.17 Å². The predicted octanol–water partition coefficient (Wildman–Crippen LogP) is 3.73. The first-order chi connectivity index (χ1) is 18.7. The number of dihydropyridines is 1. The van der Waals surface area contributed by atoms with Gasteiger partial charge < -0.3 is 21.8 Å². The van der Waals surface area contributed by atoms with Gasteiger partial charge in [-0.05, 0) is 43.3 Å². The lowest BCUT2D eigenvalue weighted by molar-refractivity contribution is -0.249. The van der Waals surface area contributed by atoms with E-state index in [1.807, 2.05) is 0 Å². The number of hydrazone groups is 1. The second-order valence-electron chi connectivity index (χ2n) is 8.33. The zero-order chi connectivity index (χ0) is 29.8. The van der Waals surface area contributed by atoms with Crippen LogP contribution in [0.5, 0.6) is 0 Å². The van der Waals surface area contributed by atoms with Crippen LogP contribution < -0.4 is 21.8 Å². The maximum Gasteiger partial charge on any atom is 0.461 e. The van der Waals surface area contributed by atoms with Crippen molar-refractivity contribution in [2.24, 2.45) is 21.2 Å². The van der Waals surface area contributed by atoms with Crippen LogP contribution in [0.2, 0.25) is 0 Å². The zero-order valence-corrected chi connectivity index (χ0v) is 22.2. The molecule has 1 aromatic heterocycles. The van der Waals surface area contributed by atoms with Crippen LogP contribution in [-0.2, 0) is 11.3 Å². The summed E-state index contributed by atoms with van der Waals surface area (Å²) in [6.45, 7) is 1.01. The van der Waals surface area contributed by atoms with Gasteiger partial charge >= 0.3 is 12.1 Å². The van der Waals surface area contributed by atoms with Gasteiger partial charge in [-0.3, -0.25) is 9.59 Å². The molecule has 0 bridgehead atoms. The normalized spacial score (nSPS) is 20.3. The Balaban J connectivity index is 1.97. The number of nitrogens with one attached hydrogen (secondary N) is 3. The fourth-order valence-corrected chi connectivity index (χ4v) is 4.23. The Bertz CT molecular complexity index is 1360. The van der Waals surface area contributed by atoms with E-state index in [1.54, 1.807) is 19.1 Å². The molecule has 3 rings (SSSR count). The Morgan fingerprint density at radius 1 is 1.27 bits per heavy atom. The van der Waals surface area contributed by atoms with E-state index in [0.717, 1.165) is 4.68 Å². The third-order valence-electron chi connectivity index (χ3n) is 5.55. The summed E-state index contributed by atoms with van der Waals surface area (Å²) in [7, 11) is 1.42. The van der Waals surface area contributed by atoms with Gasteiger partial charge in [-0.1, -0.05) is 17.7 Å². The van der Waals surface area contributed by atoms with Crippen molar-refractivity contribution in [3.05, 3.63) is 63.8 Å². The SMILES string of the molecule is CNC(=O)C1=C(NC(=O)c2cc(CN=NC(=NN)C(F)(F)C(F)(F)F)nn2C2NC=CC=C2Cl)C(C)=CC(Cl)C1. The Morgan fingerprint density at radius 2 is 1.98 bits per heavy atom. The third-order valence-corrected chi connectivity index (χ3v) is 6.17. The van der Waals surface area contributed by atoms with E-state index in [0.29, 0.717) is 5.57 Å². The van der Waals surface area contributed by atoms with Gasteiger partial charge in [0.05, 0.1) is 21.8 Å². The van der Waals surface area contributed by atoms with Crippen LogP contribution in [-0.4, -0.2) is 52.0 Å². The molecule has 1 aromatic rings. The summed E-state index contributed by atoms with van der Waals surface area (Å²) in [6.07, 6.45) is -0.471. The molecule has 1 aliphatic carbocycles. The lowest BCUT2D eigenvalue weighted by atomic mass is 9.95. The number of hydrogen-bond donors (Lipinski definition) is 4. The summed E-state index contributed by atoms with van der Waals surface area (Å²) in [5.41, 5.74) is 0.786. The van der Waals surface area contributed by atoms with Gasteiger partial charge in [0, 0.05) is 12.6 Å². The lowest BCUT2D eigenvalue weighted by Gasteiger charge is -2.24. The first kappa shape index (κ1) is 30.7. The molecule has 2 amide bonds. The minimum Gasteiger partial charge on any atom is -0.365 e. The number of hydrogen-bond acceptors (Lipinski definition) is 7. The average molecular weight is 610 g/mol. The molecular weight excluding hydrogens is 588 g/mol. The number of aromatic nitrogens is 2. The quantitative estimate of drug-likeness (QED) is 0.0706. The zero-order valence-electron chi connectivity index (χ0n) is 20.7. The number of alkyl halides is 6. The van der Waals surface area contributed by atoms with Crippen molar-refractivity contribution in [1.82, 2.24) is 25.7 Å². The van der Waals surface area contributed by atoms with Crippen molar-refractivity contribution >= 4 is 40.9 Å². The van der Waals surface area contributed by atoms with Gasteiger partial charge in [-0.25, -0.2) is 4.68 Å². The van der Waals surface area contributed by atoms with E-state index in [2.05, 4.69) is 42.2 Å². The highest BCUT2D eigenvalue weighted by Crippen LogP contribution is 2.37. The number of nitrogens with two attached hydrogens (primary N) is 1. The topological polar surface area (TPSA) is 151 Å². The Labute approximate surface area is 233 Å². The number of rotatable bonds is 7. The van der Waals surface area contributed by atoms with Crippen molar-refractivity contribution in [1.29, 1.82) is 0 Å². The number of nitrogens with zero attached hydrogens (tertiary/aromatic N) is 5. The van der Waals surface area contributed by atoms with E-state index < -0.39 is 47.8 Å². The van der Waals surface area contributed by atoms with Crippen LogP contribution in [0.15, 0.2) is 67.7 Å². The van der Waals surface area contributed by atoms with Crippen molar-refractivity contribution in [2.45, 2.75) is 43.5 Å². The first-order valence-corrected chi connectivity index (χ1v) is 12.1. The van der Waals surface area contributed by atoms with E-state index in [1.165, 1.54) is 25.4 Å². The maximum atomic E-state index is 13.5. The summed E-state index contributed by atoms with van der Waals surface area (Å²) in [4.78, 5) is 25.9. The lowest BCUT2D eigenvalue weighted by Crippen LogP contribution is -2.43. The molecule has 2 unspecified atom stereocenters. The predicted molar refractivity (Wildman–Crippen MR) is 135 cm³/mol. The summed E-state index contributed by atoms with van der Waals surface area (Å²) < 4.78 is 66.1. The average Bonchev–Trinajstić information content (AvgIpc) is 3.31. The fourth-order valence-electron chi connectivity index (χ4n) is 3.66. The number of carbonyl (C=O) groups excluding carboxylic acids is 2. The van der Waals surface area contributed by atoms with Gasteiger partial charge in [0.25, 0.3) is 5.91 Å². The second-order valence-corrected chi connectivity index (χ2v) is 9.32. The molecule has 2 atom stereocenters. The molecule has 0 radical (unpaired) electrons. The molecule has 0 saturated heterocycles. The maximum absolute atomic E-state index is 13.5. The summed E-state index contributed by atoms with van der Waals surface area (Å²) in [5.74, 6) is -4.05. The number of amidine groups is 1. The molecule has 0 spiro atoms. The smallest absolute Gasteiger partial charge is 0.365 e. The fraction of sp³-hybridized carbons (Fsp3) is 0.364. The molecule has 0 saturated carbocycles. The van der Waals surface area contributed by atoms with Crippen molar-refractivity contribution < 1.29 is 31.5 Å². The molecule has 2 aliphatic rings. The van der Waals surface area contributed by atoms with E-state index in [4.69, 9.17) is 23.2 Å². The summed E-state index contributed by atoms with van der Waals surface area (Å²) >= 11 is 12.5. The first-order valence-electron chi connectivity index (χ1n) is 11.3. The summed E-state index contributed by atoms with van der Waals surface area (Å²) in [5, 5.41) is 20.5. The number of likely N-dealkylation sites (N-methyl/N-ethyl adjacent to an activating group) is 1. The molecule has 11 nitrogen and oxygen atoms in total. The second kappa shape index (κ2) is 12.2. The molecule has 40 heavy (non-hydrogen) atoms. The standard InChI is InChI=1S/C22H22Cl2F5N9O2/c1-10-6-11(23)7-13(18(39)31-2)16(10)34-19(40)15-8-12(37-38(15)17-14(24)4-3-5-32-17)9-33-36-20(35-30)21(25,26)22(27,28)29/h3-6,8,11,17,32H,7,9,30H2,1-2H3,(H,31,39)(H,34,40). The molecule has 5 N–H and O–H groups in total. The van der Waals surface area contributed by atoms with Crippen LogP contribution in [0.4, 0.5) is 22.0 Å². The van der Waals surface area contributed by atoms with Gasteiger partial charge in [-0.2, -0.15) is 37.3 Å². The molecule has 1 aliphatic heterocycles. The number of allylic oxidation sites excluding steroid dienone is 4. The molecule has 0 fully saturated rings. The van der Waals surface area contributed by atoms with Gasteiger partial charge in [-0.15, -0.1) is 16.7 Å². The minimum absolute atomic E-state index is 0.0568.